The van der Waals surface area contributed by atoms with Crippen molar-refractivity contribution in [2.24, 2.45) is 5.73 Å². The van der Waals surface area contributed by atoms with Crippen LogP contribution in [-0.4, -0.2) is 22.1 Å². The summed E-state index contributed by atoms with van der Waals surface area (Å²) in [6.07, 6.45) is 7.43. The number of ether oxygens (including phenoxy) is 1. The molecule has 122 valence electrons. The molecular formula is C15H20Cl3N3O. The molecule has 1 fully saturated rings. The fraction of sp³-hybridized carbons (Fsp3) is 0.333. The van der Waals surface area contributed by atoms with E-state index in [-0.39, 0.29) is 42.8 Å². The summed E-state index contributed by atoms with van der Waals surface area (Å²) in [6.45, 7) is 2.54. The summed E-state index contributed by atoms with van der Waals surface area (Å²) in [5, 5.41) is 0. The van der Waals surface area contributed by atoms with Crippen LogP contribution in [0, 0.1) is 6.92 Å². The van der Waals surface area contributed by atoms with E-state index in [4.69, 9.17) is 10.5 Å². The maximum atomic E-state index is 6.02. The summed E-state index contributed by atoms with van der Waals surface area (Å²) in [6, 6.07) is 5.94. The zero-order chi connectivity index (χ0) is 13.3. The number of nitrogens with two attached hydrogens (primary N) is 1. The number of hydrogen-bond acceptors (Lipinski definition) is 4. The Kier molecular flexibility index (Phi) is 8.12. The van der Waals surface area contributed by atoms with Gasteiger partial charge in [-0.1, -0.05) is 6.07 Å². The summed E-state index contributed by atoms with van der Waals surface area (Å²) in [5.41, 5.74) is 8.97. The van der Waals surface area contributed by atoms with Gasteiger partial charge in [-0.05, 0) is 31.9 Å². The molecule has 4 nitrogen and oxygen atoms in total. The van der Waals surface area contributed by atoms with Gasteiger partial charge in [-0.2, -0.15) is 0 Å². The van der Waals surface area contributed by atoms with Crippen LogP contribution >= 0.6 is 37.2 Å². The highest BCUT2D eigenvalue weighted by Gasteiger charge is 2.39. The number of halogens is 3. The van der Waals surface area contributed by atoms with Crippen LogP contribution in [-0.2, 0) is 0 Å². The van der Waals surface area contributed by atoms with Gasteiger partial charge in [0.15, 0.2) is 0 Å². The first-order valence-corrected chi connectivity index (χ1v) is 6.45. The number of aryl methyl sites for hydroxylation is 1. The van der Waals surface area contributed by atoms with Crippen molar-refractivity contribution in [3.8, 4) is 16.9 Å². The van der Waals surface area contributed by atoms with E-state index in [1.807, 2.05) is 31.3 Å². The molecule has 0 bridgehead atoms. The van der Waals surface area contributed by atoms with Crippen LogP contribution in [0.4, 0.5) is 0 Å². The van der Waals surface area contributed by atoms with Crippen LogP contribution in [0.2, 0.25) is 0 Å². The second kappa shape index (κ2) is 8.53. The van der Waals surface area contributed by atoms with Gasteiger partial charge in [0.1, 0.15) is 12.4 Å². The highest BCUT2D eigenvalue weighted by molar-refractivity contribution is 5.86. The molecule has 22 heavy (non-hydrogen) atoms. The summed E-state index contributed by atoms with van der Waals surface area (Å²) in [7, 11) is 0. The van der Waals surface area contributed by atoms with E-state index in [1.54, 1.807) is 12.4 Å². The largest absolute Gasteiger partial charge is 0.490 e. The van der Waals surface area contributed by atoms with Crippen molar-refractivity contribution in [3.05, 3.63) is 42.5 Å². The average molecular weight is 365 g/mol. The lowest BCUT2D eigenvalue weighted by atomic mass is 10.1. The number of pyridine rings is 2. The highest BCUT2D eigenvalue weighted by Crippen LogP contribution is 2.33. The van der Waals surface area contributed by atoms with Crippen LogP contribution in [0.15, 0.2) is 36.8 Å². The predicted molar refractivity (Wildman–Crippen MR) is 95.6 cm³/mol. The van der Waals surface area contributed by atoms with Crippen molar-refractivity contribution < 1.29 is 4.74 Å². The topological polar surface area (TPSA) is 61.0 Å². The lowest BCUT2D eigenvalue weighted by Crippen LogP contribution is -2.29. The minimum Gasteiger partial charge on any atom is -0.490 e. The number of rotatable bonds is 4. The van der Waals surface area contributed by atoms with Gasteiger partial charge in [-0.15, -0.1) is 37.2 Å². The maximum Gasteiger partial charge on any atom is 0.138 e. The zero-order valence-corrected chi connectivity index (χ0v) is 14.6. The Balaban J connectivity index is 0.00000147. The van der Waals surface area contributed by atoms with Gasteiger partial charge in [0, 0.05) is 29.2 Å². The Morgan fingerprint density at radius 2 is 1.95 bits per heavy atom. The molecule has 0 aromatic carbocycles. The van der Waals surface area contributed by atoms with Gasteiger partial charge in [-0.3, -0.25) is 9.97 Å². The van der Waals surface area contributed by atoms with E-state index in [1.165, 1.54) is 0 Å². The molecule has 2 N–H and O–H groups in total. The van der Waals surface area contributed by atoms with E-state index < -0.39 is 0 Å². The summed E-state index contributed by atoms with van der Waals surface area (Å²) in [5.74, 6) is 0.765. The molecule has 0 radical (unpaired) electrons. The summed E-state index contributed by atoms with van der Waals surface area (Å²) in [4.78, 5) is 8.52. The van der Waals surface area contributed by atoms with Crippen LogP contribution in [0.25, 0.3) is 11.1 Å². The molecule has 1 aliphatic carbocycles. The standard InChI is InChI=1S/C15H17N3O.3ClH/c1-11-14(12-3-2-6-17-8-12)7-13(9-18-11)19-10-15(16)4-5-15;;;/h2-3,6-9H,4-5,10,16H2,1H3;3*1H. The number of nitrogens with zero attached hydrogens (tertiary/aromatic N) is 2. The molecule has 1 aliphatic rings. The third kappa shape index (κ3) is 4.99. The first-order chi connectivity index (χ1) is 9.16. The Morgan fingerprint density at radius 1 is 1.23 bits per heavy atom. The lowest BCUT2D eigenvalue weighted by Gasteiger charge is -2.12. The normalized spacial score (nSPS) is 13.9. The smallest absolute Gasteiger partial charge is 0.138 e. The molecule has 0 saturated heterocycles. The quantitative estimate of drug-likeness (QED) is 0.900. The van der Waals surface area contributed by atoms with Crippen molar-refractivity contribution in [2.45, 2.75) is 25.3 Å². The highest BCUT2D eigenvalue weighted by atomic mass is 35.5. The van der Waals surface area contributed by atoms with Crippen LogP contribution in [0.1, 0.15) is 18.5 Å². The van der Waals surface area contributed by atoms with Gasteiger partial charge in [-0.25, -0.2) is 0 Å². The lowest BCUT2D eigenvalue weighted by molar-refractivity contribution is 0.278. The molecule has 2 aromatic heterocycles. The molecule has 3 rings (SSSR count). The van der Waals surface area contributed by atoms with Crippen molar-refractivity contribution >= 4 is 37.2 Å². The molecule has 0 aliphatic heterocycles. The van der Waals surface area contributed by atoms with E-state index in [0.717, 1.165) is 35.4 Å². The maximum absolute atomic E-state index is 6.02. The fourth-order valence-electron chi connectivity index (χ4n) is 1.94. The number of aromatic nitrogens is 2. The third-order valence-corrected chi connectivity index (χ3v) is 3.45. The minimum atomic E-state index is -0.112. The molecule has 0 atom stereocenters. The molecule has 0 amide bonds. The van der Waals surface area contributed by atoms with E-state index in [9.17, 15) is 0 Å². The third-order valence-electron chi connectivity index (χ3n) is 3.45. The van der Waals surface area contributed by atoms with E-state index in [0.29, 0.717) is 6.61 Å². The molecule has 2 heterocycles. The first kappa shape index (κ1) is 20.9. The SMILES string of the molecule is Cc1ncc(OCC2(N)CC2)cc1-c1cccnc1.Cl.Cl.Cl. The second-order valence-corrected chi connectivity index (χ2v) is 5.20. The van der Waals surface area contributed by atoms with Gasteiger partial charge in [0.25, 0.3) is 0 Å². The van der Waals surface area contributed by atoms with Gasteiger partial charge < -0.3 is 10.5 Å². The molecular weight excluding hydrogens is 345 g/mol. The van der Waals surface area contributed by atoms with Gasteiger partial charge in [0.05, 0.1) is 11.7 Å². The monoisotopic (exact) mass is 363 g/mol. The minimum absolute atomic E-state index is 0. The average Bonchev–Trinajstić information content (AvgIpc) is 3.17. The molecule has 0 unspecified atom stereocenters. The van der Waals surface area contributed by atoms with E-state index >= 15 is 0 Å². The zero-order valence-electron chi connectivity index (χ0n) is 12.2. The Hall–Kier alpha value is -1.07. The molecule has 2 aromatic rings. The van der Waals surface area contributed by atoms with Crippen molar-refractivity contribution in [1.29, 1.82) is 0 Å². The van der Waals surface area contributed by atoms with E-state index in [2.05, 4.69) is 9.97 Å². The summed E-state index contributed by atoms with van der Waals surface area (Å²) < 4.78 is 5.74. The fourth-order valence-corrected chi connectivity index (χ4v) is 1.94. The molecule has 7 heteroatoms. The predicted octanol–water partition coefficient (Wildman–Crippen LogP) is 3.59. The molecule has 1 saturated carbocycles. The van der Waals surface area contributed by atoms with Crippen LogP contribution in [0.5, 0.6) is 5.75 Å². The number of hydrogen-bond donors (Lipinski definition) is 1. The van der Waals surface area contributed by atoms with Gasteiger partial charge >= 0.3 is 0 Å². The van der Waals surface area contributed by atoms with Crippen molar-refractivity contribution in [3.63, 3.8) is 0 Å². The summed E-state index contributed by atoms with van der Waals surface area (Å²) >= 11 is 0. The van der Waals surface area contributed by atoms with Crippen molar-refractivity contribution in [1.82, 2.24) is 9.97 Å². The Bertz CT molecular complexity index is 592. The Labute approximate surface area is 149 Å². The second-order valence-electron chi connectivity index (χ2n) is 5.20. The van der Waals surface area contributed by atoms with Crippen LogP contribution < -0.4 is 10.5 Å². The molecule has 0 spiro atoms. The Morgan fingerprint density at radius 3 is 2.55 bits per heavy atom. The van der Waals surface area contributed by atoms with Crippen LogP contribution in [0.3, 0.4) is 0 Å². The van der Waals surface area contributed by atoms with Gasteiger partial charge in [0.2, 0.25) is 0 Å². The van der Waals surface area contributed by atoms with Crippen molar-refractivity contribution in [2.75, 3.05) is 6.61 Å². The first-order valence-electron chi connectivity index (χ1n) is 6.45.